The van der Waals surface area contributed by atoms with Gasteiger partial charge in [-0.15, -0.1) is 12.4 Å². The first-order valence-electron chi connectivity index (χ1n) is 3.26. The summed E-state index contributed by atoms with van der Waals surface area (Å²) in [5.41, 5.74) is 5.37. The summed E-state index contributed by atoms with van der Waals surface area (Å²) in [7, 11) is 0. The van der Waals surface area contributed by atoms with Crippen molar-refractivity contribution in [1.29, 1.82) is 0 Å². The Hall–Kier alpha value is 0.110. The first-order chi connectivity index (χ1) is 4.13. The molecule has 2 fully saturated rings. The van der Waals surface area contributed by atoms with Crippen molar-refractivity contribution in [2.75, 3.05) is 0 Å². The van der Waals surface area contributed by atoms with Gasteiger partial charge in [-0.05, 0) is 12.3 Å². The highest BCUT2D eigenvalue weighted by Gasteiger charge is 2.65. The number of hydrogen-bond donors (Lipinski definition) is 1. The molecule has 3 unspecified atom stereocenters. The van der Waals surface area contributed by atoms with E-state index in [0.717, 1.165) is 0 Å². The minimum Gasteiger partial charge on any atom is -0.327 e. The molecule has 0 radical (unpaired) electrons. The molecule has 0 spiro atoms. The van der Waals surface area contributed by atoms with Gasteiger partial charge in [-0.1, -0.05) is 0 Å². The molecule has 3 atom stereocenters. The van der Waals surface area contributed by atoms with Gasteiger partial charge in [-0.2, -0.15) is 0 Å². The summed E-state index contributed by atoms with van der Waals surface area (Å²) in [6, 6.07) is -0.186. The van der Waals surface area contributed by atoms with E-state index in [2.05, 4.69) is 0 Å². The quantitative estimate of drug-likeness (QED) is 0.583. The van der Waals surface area contributed by atoms with Crippen molar-refractivity contribution < 1.29 is 8.78 Å². The van der Waals surface area contributed by atoms with Crippen molar-refractivity contribution in [3.8, 4) is 0 Å². The van der Waals surface area contributed by atoms with Crippen LogP contribution in [0.4, 0.5) is 8.78 Å². The van der Waals surface area contributed by atoms with Gasteiger partial charge in [-0.25, -0.2) is 8.78 Å². The molecule has 2 aliphatic rings. The topological polar surface area (TPSA) is 26.0 Å². The molecule has 60 valence electrons. The average molecular weight is 170 g/mol. The fourth-order valence-corrected chi connectivity index (χ4v) is 1.89. The van der Waals surface area contributed by atoms with E-state index in [0.29, 0.717) is 6.42 Å². The summed E-state index contributed by atoms with van der Waals surface area (Å²) in [6.45, 7) is 0. The summed E-state index contributed by atoms with van der Waals surface area (Å²) in [6.07, 6.45) is 0.703. The first-order valence-corrected chi connectivity index (χ1v) is 3.26. The average Bonchev–Trinajstić information content (AvgIpc) is 2.24. The summed E-state index contributed by atoms with van der Waals surface area (Å²) >= 11 is 0. The van der Waals surface area contributed by atoms with Gasteiger partial charge in [0.15, 0.2) is 0 Å². The molecule has 0 bridgehead atoms. The molecule has 0 heterocycles. The van der Waals surface area contributed by atoms with Crippen LogP contribution in [-0.2, 0) is 0 Å². The van der Waals surface area contributed by atoms with Crippen molar-refractivity contribution in [3.63, 3.8) is 0 Å². The molecule has 4 heteroatoms. The Balaban J connectivity index is 0.000000500. The fourth-order valence-electron chi connectivity index (χ4n) is 1.89. The maximum Gasteiger partial charge on any atom is 0.252 e. The Morgan fingerprint density at radius 1 is 1.40 bits per heavy atom. The van der Waals surface area contributed by atoms with Crippen molar-refractivity contribution in [2.45, 2.75) is 24.8 Å². The molecular formula is C6H10ClF2N. The predicted octanol–water partition coefficient (Wildman–Crippen LogP) is 1.41. The molecule has 1 nitrogen and oxygen atoms in total. The van der Waals surface area contributed by atoms with Crippen LogP contribution in [0.15, 0.2) is 0 Å². The van der Waals surface area contributed by atoms with Crippen molar-refractivity contribution in [3.05, 3.63) is 0 Å². The largest absolute Gasteiger partial charge is 0.327 e. The lowest BCUT2D eigenvalue weighted by Gasteiger charge is -2.10. The van der Waals surface area contributed by atoms with Gasteiger partial charge >= 0.3 is 0 Å². The van der Waals surface area contributed by atoms with Crippen molar-refractivity contribution in [1.82, 2.24) is 0 Å². The van der Waals surface area contributed by atoms with Crippen molar-refractivity contribution in [2.24, 2.45) is 17.6 Å². The Labute approximate surface area is 64.4 Å². The van der Waals surface area contributed by atoms with Gasteiger partial charge < -0.3 is 5.73 Å². The van der Waals surface area contributed by atoms with Crippen LogP contribution in [0, 0.1) is 11.8 Å². The van der Waals surface area contributed by atoms with Gasteiger partial charge in [0.1, 0.15) is 0 Å². The van der Waals surface area contributed by atoms with E-state index in [1.54, 1.807) is 0 Å². The Kier molecular flexibility index (Phi) is 1.68. The molecule has 0 aliphatic heterocycles. The molecule has 2 N–H and O–H groups in total. The Morgan fingerprint density at radius 2 is 2.00 bits per heavy atom. The first kappa shape index (κ1) is 8.21. The van der Waals surface area contributed by atoms with E-state index >= 15 is 0 Å². The second-order valence-electron chi connectivity index (χ2n) is 3.07. The van der Waals surface area contributed by atoms with E-state index in [1.807, 2.05) is 0 Å². The summed E-state index contributed by atoms with van der Waals surface area (Å²) in [5.74, 6) is -2.73. The minimum atomic E-state index is -2.43. The third-order valence-electron chi connectivity index (χ3n) is 2.53. The third kappa shape index (κ3) is 0.839. The van der Waals surface area contributed by atoms with Crippen LogP contribution >= 0.6 is 12.4 Å². The Morgan fingerprint density at radius 3 is 2.20 bits per heavy atom. The zero-order valence-electron chi connectivity index (χ0n) is 5.39. The van der Waals surface area contributed by atoms with E-state index in [1.165, 1.54) is 0 Å². The summed E-state index contributed by atoms with van der Waals surface area (Å²) in [5, 5.41) is 0. The number of fused-ring (bicyclic) bond motifs is 1. The van der Waals surface area contributed by atoms with Crippen LogP contribution in [0.2, 0.25) is 0 Å². The molecule has 0 saturated heterocycles. The molecule has 0 aromatic carbocycles. The molecule has 0 amide bonds. The lowest BCUT2D eigenvalue weighted by molar-refractivity contribution is -0.0164. The SMILES string of the molecule is Cl.NC1C2CCC(F)(F)C12. The van der Waals surface area contributed by atoms with Crippen LogP contribution < -0.4 is 5.73 Å². The molecular weight excluding hydrogens is 160 g/mol. The van der Waals surface area contributed by atoms with Crippen LogP contribution in [0.3, 0.4) is 0 Å². The summed E-state index contributed by atoms with van der Waals surface area (Å²) in [4.78, 5) is 0. The minimum absolute atomic E-state index is 0. The van der Waals surface area contributed by atoms with Gasteiger partial charge in [-0.3, -0.25) is 0 Å². The normalized spacial score (nSPS) is 47.7. The number of halogens is 3. The van der Waals surface area contributed by atoms with Crippen LogP contribution in [-0.4, -0.2) is 12.0 Å². The van der Waals surface area contributed by atoms with Crippen LogP contribution in [0.1, 0.15) is 12.8 Å². The number of nitrogens with two attached hydrogens (primary N) is 1. The summed E-state index contributed by atoms with van der Waals surface area (Å²) < 4.78 is 25.1. The maximum absolute atomic E-state index is 12.6. The van der Waals surface area contributed by atoms with Crippen LogP contribution in [0.25, 0.3) is 0 Å². The van der Waals surface area contributed by atoms with Gasteiger partial charge in [0.25, 0.3) is 5.92 Å². The number of alkyl halides is 2. The zero-order valence-corrected chi connectivity index (χ0v) is 6.20. The monoisotopic (exact) mass is 169 g/mol. The zero-order chi connectivity index (χ0) is 6.65. The van der Waals surface area contributed by atoms with E-state index in [4.69, 9.17) is 5.73 Å². The molecule has 0 aromatic rings. The van der Waals surface area contributed by atoms with Gasteiger partial charge in [0.2, 0.25) is 0 Å². The molecule has 2 rings (SSSR count). The van der Waals surface area contributed by atoms with E-state index in [-0.39, 0.29) is 30.8 Å². The molecule has 10 heavy (non-hydrogen) atoms. The number of rotatable bonds is 0. The fraction of sp³-hybridized carbons (Fsp3) is 1.00. The molecule has 2 aliphatic carbocycles. The smallest absolute Gasteiger partial charge is 0.252 e. The maximum atomic E-state index is 12.6. The third-order valence-corrected chi connectivity index (χ3v) is 2.53. The van der Waals surface area contributed by atoms with Crippen LogP contribution in [0.5, 0.6) is 0 Å². The lowest BCUT2D eigenvalue weighted by atomic mass is 10.2. The van der Waals surface area contributed by atoms with E-state index < -0.39 is 11.8 Å². The lowest BCUT2D eigenvalue weighted by Crippen LogP contribution is -2.22. The highest BCUT2D eigenvalue weighted by Crippen LogP contribution is 2.58. The van der Waals surface area contributed by atoms with Gasteiger partial charge in [0, 0.05) is 18.4 Å². The second kappa shape index (κ2) is 2.05. The standard InChI is InChI=1S/C6H9F2N.ClH/c7-6(8)2-1-3-4(6)5(3)9;/h3-5H,1-2,9H2;1H. The van der Waals surface area contributed by atoms with Crippen molar-refractivity contribution >= 4 is 12.4 Å². The predicted molar refractivity (Wildman–Crippen MR) is 36.4 cm³/mol. The number of hydrogen-bond acceptors (Lipinski definition) is 1. The Bertz CT molecular complexity index is 151. The molecule has 2 saturated carbocycles. The second-order valence-corrected chi connectivity index (χ2v) is 3.07. The molecule has 0 aromatic heterocycles. The highest BCUT2D eigenvalue weighted by atomic mass is 35.5. The highest BCUT2D eigenvalue weighted by molar-refractivity contribution is 5.85. The van der Waals surface area contributed by atoms with E-state index in [9.17, 15) is 8.78 Å². The van der Waals surface area contributed by atoms with Gasteiger partial charge in [0.05, 0.1) is 0 Å².